The number of nitrogens with zero attached hydrogens (tertiary/aromatic N) is 4. The Morgan fingerprint density at radius 2 is 2.20 bits per heavy atom. The molecule has 0 aliphatic heterocycles. The van der Waals surface area contributed by atoms with Gasteiger partial charge in [0.05, 0.1) is 12.7 Å². The summed E-state index contributed by atoms with van der Waals surface area (Å²) in [5.41, 5.74) is 0.977. The maximum atomic E-state index is 4.99. The standard InChI is InChI=1S/C12H13N7O/c1-8-6-11(19-18-8)16-10-3-4-13-12(17-10)14-7-9-2-5-15-20-9/h2-6H,7H2,1H3,(H3,13,14,16,17,18,19). The van der Waals surface area contributed by atoms with Crippen LogP contribution in [-0.4, -0.2) is 25.3 Å². The summed E-state index contributed by atoms with van der Waals surface area (Å²) < 4.78 is 4.99. The van der Waals surface area contributed by atoms with Crippen molar-refractivity contribution in [3.8, 4) is 0 Å². The van der Waals surface area contributed by atoms with Crippen LogP contribution in [-0.2, 0) is 6.54 Å². The van der Waals surface area contributed by atoms with E-state index in [9.17, 15) is 0 Å². The van der Waals surface area contributed by atoms with E-state index in [1.165, 1.54) is 0 Å². The topological polar surface area (TPSA) is 105 Å². The van der Waals surface area contributed by atoms with Crippen LogP contribution in [0.15, 0.2) is 35.1 Å². The quantitative estimate of drug-likeness (QED) is 0.650. The molecule has 0 saturated heterocycles. The predicted molar refractivity (Wildman–Crippen MR) is 72.5 cm³/mol. The second-order valence-corrected chi connectivity index (χ2v) is 4.16. The monoisotopic (exact) mass is 271 g/mol. The third-order valence-corrected chi connectivity index (χ3v) is 2.53. The van der Waals surface area contributed by atoms with Gasteiger partial charge in [-0.3, -0.25) is 5.10 Å². The molecular weight excluding hydrogens is 258 g/mol. The number of hydrogen-bond donors (Lipinski definition) is 3. The summed E-state index contributed by atoms with van der Waals surface area (Å²) in [4.78, 5) is 8.46. The van der Waals surface area contributed by atoms with E-state index in [0.29, 0.717) is 24.1 Å². The molecule has 8 nitrogen and oxygen atoms in total. The molecule has 0 saturated carbocycles. The van der Waals surface area contributed by atoms with E-state index in [1.54, 1.807) is 24.5 Å². The molecule has 0 radical (unpaired) electrons. The van der Waals surface area contributed by atoms with Gasteiger partial charge in [-0.2, -0.15) is 10.1 Å². The highest BCUT2D eigenvalue weighted by Crippen LogP contribution is 2.13. The number of H-pyrrole nitrogens is 1. The van der Waals surface area contributed by atoms with Gasteiger partial charge < -0.3 is 15.2 Å². The van der Waals surface area contributed by atoms with E-state index in [0.717, 1.165) is 11.5 Å². The van der Waals surface area contributed by atoms with Gasteiger partial charge in [-0.1, -0.05) is 5.16 Å². The first kappa shape index (κ1) is 12.2. The average Bonchev–Trinajstić information content (AvgIpc) is 3.09. The summed E-state index contributed by atoms with van der Waals surface area (Å²) >= 11 is 0. The number of aryl methyl sites for hydroxylation is 1. The summed E-state index contributed by atoms with van der Waals surface area (Å²) in [6, 6.07) is 5.44. The lowest BCUT2D eigenvalue weighted by Crippen LogP contribution is -2.04. The van der Waals surface area contributed by atoms with Crippen molar-refractivity contribution < 1.29 is 4.52 Å². The Morgan fingerprint density at radius 3 is 2.95 bits per heavy atom. The van der Waals surface area contributed by atoms with Gasteiger partial charge in [-0.05, 0) is 13.0 Å². The molecule has 3 heterocycles. The molecule has 3 rings (SSSR count). The van der Waals surface area contributed by atoms with Crippen molar-refractivity contribution in [2.24, 2.45) is 0 Å². The molecule has 0 spiro atoms. The fourth-order valence-electron chi connectivity index (χ4n) is 1.63. The van der Waals surface area contributed by atoms with Crippen LogP contribution in [0.2, 0.25) is 0 Å². The van der Waals surface area contributed by atoms with Gasteiger partial charge in [-0.25, -0.2) is 4.98 Å². The van der Waals surface area contributed by atoms with Gasteiger partial charge in [0.2, 0.25) is 5.95 Å². The van der Waals surface area contributed by atoms with Gasteiger partial charge in [-0.15, -0.1) is 0 Å². The molecule has 8 heteroatoms. The zero-order valence-corrected chi connectivity index (χ0v) is 10.8. The molecule has 20 heavy (non-hydrogen) atoms. The van der Waals surface area contributed by atoms with Gasteiger partial charge in [0.25, 0.3) is 0 Å². The third-order valence-electron chi connectivity index (χ3n) is 2.53. The van der Waals surface area contributed by atoms with Crippen molar-refractivity contribution >= 4 is 17.6 Å². The van der Waals surface area contributed by atoms with Crippen LogP contribution in [0.4, 0.5) is 17.6 Å². The van der Waals surface area contributed by atoms with Crippen molar-refractivity contribution in [3.63, 3.8) is 0 Å². The maximum absolute atomic E-state index is 4.99. The lowest BCUT2D eigenvalue weighted by molar-refractivity contribution is 0.388. The van der Waals surface area contributed by atoms with E-state index in [2.05, 4.69) is 36.0 Å². The number of rotatable bonds is 5. The molecule has 0 bridgehead atoms. The van der Waals surface area contributed by atoms with Gasteiger partial charge in [0, 0.05) is 24.0 Å². The van der Waals surface area contributed by atoms with Crippen molar-refractivity contribution in [1.29, 1.82) is 0 Å². The highest BCUT2D eigenvalue weighted by atomic mass is 16.5. The van der Waals surface area contributed by atoms with Gasteiger partial charge in [0.1, 0.15) is 5.82 Å². The molecule has 0 unspecified atom stereocenters. The first-order valence-electron chi connectivity index (χ1n) is 6.05. The Balaban J connectivity index is 1.66. The van der Waals surface area contributed by atoms with Crippen LogP contribution >= 0.6 is 0 Å². The molecule has 0 aliphatic rings. The van der Waals surface area contributed by atoms with Crippen LogP contribution in [0.5, 0.6) is 0 Å². The zero-order chi connectivity index (χ0) is 13.8. The smallest absolute Gasteiger partial charge is 0.224 e. The number of hydrogen-bond acceptors (Lipinski definition) is 7. The van der Waals surface area contributed by atoms with E-state index >= 15 is 0 Å². The van der Waals surface area contributed by atoms with Crippen LogP contribution < -0.4 is 10.6 Å². The Hall–Kier alpha value is -2.90. The number of nitrogens with one attached hydrogen (secondary N) is 3. The molecule has 0 amide bonds. The normalized spacial score (nSPS) is 10.4. The average molecular weight is 271 g/mol. The molecule has 3 aromatic heterocycles. The van der Waals surface area contributed by atoms with Crippen molar-refractivity contribution in [3.05, 3.63) is 42.0 Å². The number of aromatic amines is 1. The maximum Gasteiger partial charge on any atom is 0.224 e. The summed E-state index contributed by atoms with van der Waals surface area (Å²) in [6.07, 6.45) is 3.26. The Bertz CT molecular complexity index is 677. The van der Waals surface area contributed by atoms with Crippen molar-refractivity contribution in [1.82, 2.24) is 25.3 Å². The second-order valence-electron chi connectivity index (χ2n) is 4.16. The van der Waals surface area contributed by atoms with Gasteiger partial charge >= 0.3 is 0 Å². The summed E-state index contributed by atoms with van der Waals surface area (Å²) in [5, 5.41) is 16.7. The van der Waals surface area contributed by atoms with Crippen molar-refractivity contribution in [2.45, 2.75) is 13.5 Å². The molecule has 3 N–H and O–H groups in total. The lowest BCUT2D eigenvalue weighted by Gasteiger charge is -2.05. The number of anilines is 3. The van der Waals surface area contributed by atoms with Crippen LogP contribution in [0.1, 0.15) is 11.5 Å². The SMILES string of the molecule is Cc1cc(Nc2ccnc(NCc3ccno3)n2)n[nH]1. The zero-order valence-electron chi connectivity index (χ0n) is 10.8. The minimum atomic E-state index is 0.477. The minimum absolute atomic E-state index is 0.477. The minimum Gasteiger partial charge on any atom is -0.360 e. The van der Waals surface area contributed by atoms with Crippen LogP contribution in [0.25, 0.3) is 0 Å². The third kappa shape index (κ3) is 2.91. The molecule has 0 aliphatic carbocycles. The van der Waals surface area contributed by atoms with Crippen LogP contribution in [0.3, 0.4) is 0 Å². The molecule has 102 valence electrons. The first-order valence-corrected chi connectivity index (χ1v) is 6.05. The molecule has 0 aromatic carbocycles. The molecular formula is C12H13N7O. The fraction of sp³-hybridized carbons (Fsp3) is 0.167. The van der Waals surface area contributed by atoms with Crippen LogP contribution in [0, 0.1) is 6.92 Å². The molecule has 0 atom stereocenters. The molecule has 0 fully saturated rings. The Kier molecular flexibility index (Phi) is 3.27. The summed E-state index contributed by atoms with van der Waals surface area (Å²) in [6.45, 7) is 2.41. The highest BCUT2D eigenvalue weighted by Gasteiger charge is 2.03. The van der Waals surface area contributed by atoms with E-state index < -0.39 is 0 Å². The van der Waals surface area contributed by atoms with E-state index in [-0.39, 0.29) is 0 Å². The van der Waals surface area contributed by atoms with E-state index in [1.807, 2.05) is 13.0 Å². The largest absolute Gasteiger partial charge is 0.360 e. The summed E-state index contributed by atoms with van der Waals surface area (Å²) in [5.74, 6) is 2.59. The predicted octanol–water partition coefficient (Wildman–Crippen LogP) is 1.85. The summed E-state index contributed by atoms with van der Waals surface area (Å²) in [7, 11) is 0. The number of aromatic nitrogens is 5. The lowest BCUT2D eigenvalue weighted by atomic mass is 10.4. The van der Waals surface area contributed by atoms with E-state index in [4.69, 9.17) is 4.52 Å². The molecule has 3 aromatic rings. The first-order chi connectivity index (χ1) is 9.79. The Morgan fingerprint density at radius 1 is 1.25 bits per heavy atom. The fourth-order valence-corrected chi connectivity index (χ4v) is 1.63. The second kappa shape index (κ2) is 5.39. The van der Waals surface area contributed by atoms with Crippen molar-refractivity contribution in [2.75, 3.05) is 10.6 Å². The highest BCUT2D eigenvalue weighted by molar-refractivity contribution is 5.52. The van der Waals surface area contributed by atoms with Gasteiger partial charge in [0.15, 0.2) is 11.6 Å². The Labute approximate surface area is 114 Å².